The third-order valence-electron chi connectivity index (χ3n) is 7.04. The zero-order valence-electron chi connectivity index (χ0n) is 23.6. The van der Waals surface area contributed by atoms with Gasteiger partial charge in [0.2, 0.25) is 17.7 Å². The molecule has 0 bridgehead atoms. The fourth-order valence-corrected chi connectivity index (χ4v) is 5.21. The molecule has 218 valence electrons. The Kier molecular flexibility index (Phi) is 10.8. The number of aliphatic hydroxyl groups excluding tert-OH is 1. The number of thiazole rings is 1. The van der Waals surface area contributed by atoms with Gasteiger partial charge in [-0.15, -0.1) is 11.3 Å². The smallest absolute Gasteiger partial charge is 0.332 e. The lowest BCUT2D eigenvalue weighted by atomic mass is 9.83. The maximum absolute atomic E-state index is 13.6. The van der Waals surface area contributed by atoms with Crippen molar-refractivity contribution in [1.29, 1.82) is 0 Å². The predicted molar refractivity (Wildman–Crippen MR) is 149 cm³/mol. The minimum Gasteiger partial charge on any atom is -0.464 e. The highest BCUT2D eigenvalue weighted by atomic mass is 32.1. The van der Waals surface area contributed by atoms with Crippen molar-refractivity contribution in [2.45, 2.75) is 65.8 Å². The highest BCUT2D eigenvalue weighted by molar-refractivity contribution is 7.13. The molecule has 3 rings (SSSR count). The number of ether oxygens (including phenoxy) is 2. The number of carbonyl (C=O) groups excluding carboxylic acids is 4. The average molecular weight is 575 g/mol. The summed E-state index contributed by atoms with van der Waals surface area (Å²) >= 11 is 1.57. The lowest BCUT2D eigenvalue weighted by molar-refractivity contribution is -0.149. The molecule has 0 unspecified atom stereocenters. The molecule has 3 amide bonds. The van der Waals surface area contributed by atoms with Crippen molar-refractivity contribution in [3.05, 3.63) is 41.0 Å². The molecule has 1 saturated heterocycles. The van der Waals surface area contributed by atoms with Crippen molar-refractivity contribution >= 4 is 35.0 Å². The standard InChI is InChI=1S/C28H38N4O7S/c1-6-39-24(35)15-38-14-23(34)31-18(3)28(4,5)27(37)32-13-21(33)11-22(32)26(36)29-12-19-7-9-20(10-8-19)25-17(2)30-16-40-25/h7-10,16,18,21-22,33H,6,11-15H2,1-5H3,(H,29,36)(H,31,34)/t18-,21+,22-/m0/s1. The van der Waals surface area contributed by atoms with Crippen molar-refractivity contribution in [3.63, 3.8) is 0 Å². The molecule has 0 radical (unpaired) electrons. The first-order valence-electron chi connectivity index (χ1n) is 13.2. The van der Waals surface area contributed by atoms with Crippen LogP contribution in [0.3, 0.4) is 0 Å². The molecule has 12 heteroatoms. The first kappa shape index (κ1) is 31.2. The Bertz CT molecular complexity index is 1200. The van der Waals surface area contributed by atoms with E-state index in [2.05, 4.69) is 15.6 Å². The number of β-amino-alcohol motifs (C(OH)–C–C–N with tert-alkyl or cyclic N) is 1. The number of aryl methyl sites for hydroxylation is 1. The molecule has 3 atom stereocenters. The van der Waals surface area contributed by atoms with Crippen LogP contribution >= 0.6 is 11.3 Å². The fraction of sp³-hybridized carbons (Fsp3) is 0.536. The highest BCUT2D eigenvalue weighted by Crippen LogP contribution is 2.30. The van der Waals surface area contributed by atoms with E-state index in [1.165, 1.54) is 4.90 Å². The second-order valence-electron chi connectivity index (χ2n) is 10.4. The van der Waals surface area contributed by atoms with Crippen molar-refractivity contribution in [2.75, 3.05) is 26.4 Å². The van der Waals surface area contributed by atoms with Gasteiger partial charge in [-0.2, -0.15) is 0 Å². The van der Waals surface area contributed by atoms with E-state index in [1.807, 2.05) is 31.2 Å². The molecule has 1 aromatic carbocycles. The Balaban J connectivity index is 1.56. The molecular weight excluding hydrogens is 536 g/mol. The normalized spacial score (nSPS) is 17.8. The molecule has 11 nitrogen and oxygen atoms in total. The van der Waals surface area contributed by atoms with Crippen molar-refractivity contribution in [2.24, 2.45) is 5.41 Å². The number of nitrogens with one attached hydrogen (secondary N) is 2. The molecule has 1 aliphatic heterocycles. The SMILES string of the molecule is CCOC(=O)COCC(=O)N[C@@H](C)C(C)(C)C(=O)N1C[C@H](O)C[C@H]1C(=O)NCc1ccc(-c2scnc2C)cc1. The summed E-state index contributed by atoms with van der Waals surface area (Å²) in [5, 5.41) is 15.9. The van der Waals surface area contributed by atoms with E-state index in [4.69, 9.17) is 9.47 Å². The maximum Gasteiger partial charge on any atom is 0.332 e. The largest absolute Gasteiger partial charge is 0.464 e. The zero-order chi connectivity index (χ0) is 29.4. The van der Waals surface area contributed by atoms with Gasteiger partial charge in [0.15, 0.2) is 0 Å². The Labute approximate surface area is 238 Å². The summed E-state index contributed by atoms with van der Waals surface area (Å²) in [6.45, 7) is 8.45. The van der Waals surface area contributed by atoms with Crippen LogP contribution in [-0.2, 0) is 35.2 Å². The van der Waals surface area contributed by atoms with E-state index in [9.17, 15) is 24.3 Å². The van der Waals surface area contributed by atoms with E-state index < -0.39 is 35.5 Å². The summed E-state index contributed by atoms with van der Waals surface area (Å²) in [7, 11) is 0. The van der Waals surface area contributed by atoms with E-state index in [0.29, 0.717) is 0 Å². The molecule has 1 aromatic heterocycles. The van der Waals surface area contributed by atoms with Crippen LogP contribution in [0.5, 0.6) is 0 Å². The number of likely N-dealkylation sites (tertiary alicyclic amines) is 1. The van der Waals surface area contributed by atoms with Crippen molar-refractivity contribution in [1.82, 2.24) is 20.5 Å². The van der Waals surface area contributed by atoms with Gasteiger partial charge in [0, 0.05) is 25.6 Å². The van der Waals surface area contributed by atoms with Gasteiger partial charge in [0.05, 0.1) is 34.2 Å². The van der Waals surface area contributed by atoms with Crippen molar-refractivity contribution < 1.29 is 33.8 Å². The van der Waals surface area contributed by atoms with Crippen LogP contribution < -0.4 is 10.6 Å². The van der Waals surface area contributed by atoms with Crippen LogP contribution in [0, 0.1) is 12.3 Å². The first-order chi connectivity index (χ1) is 18.9. The van der Waals surface area contributed by atoms with E-state index in [-0.39, 0.29) is 51.1 Å². The molecule has 0 aliphatic carbocycles. The Hall–Kier alpha value is -3.35. The van der Waals surface area contributed by atoms with Crippen LogP contribution in [0.25, 0.3) is 10.4 Å². The van der Waals surface area contributed by atoms with Gasteiger partial charge in [-0.25, -0.2) is 9.78 Å². The summed E-state index contributed by atoms with van der Waals surface area (Å²) < 4.78 is 9.82. The van der Waals surface area contributed by atoms with Crippen LogP contribution in [0.2, 0.25) is 0 Å². The minimum atomic E-state index is -1.09. The molecule has 1 aliphatic rings. The van der Waals surface area contributed by atoms with Gasteiger partial charge in [-0.1, -0.05) is 24.3 Å². The van der Waals surface area contributed by atoms with Gasteiger partial charge in [-0.3, -0.25) is 14.4 Å². The van der Waals surface area contributed by atoms with E-state index >= 15 is 0 Å². The fourth-order valence-electron chi connectivity index (χ4n) is 4.40. The monoisotopic (exact) mass is 574 g/mol. The summed E-state index contributed by atoms with van der Waals surface area (Å²) in [6.07, 6.45) is -0.710. The van der Waals surface area contributed by atoms with Crippen LogP contribution in [-0.4, -0.2) is 83.2 Å². The predicted octanol–water partition coefficient (Wildman–Crippen LogP) is 1.81. The maximum atomic E-state index is 13.6. The summed E-state index contributed by atoms with van der Waals surface area (Å²) in [5.41, 5.74) is 3.64. The quantitative estimate of drug-likeness (QED) is 0.325. The number of aliphatic hydroxyl groups is 1. The molecule has 0 saturated carbocycles. The number of carbonyl (C=O) groups is 4. The Morgan fingerprint density at radius 2 is 1.90 bits per heavy atom. The van der Waals surface area contributed by atoms with Gasteiger partial charge in [-0.05, 0) is 45.7 Å². The van der Waals surface area contributed by atoms with Crippen molar-refractivity contribution in [3.8, 4) is 10.4 Å². The van der Waals surface area contributed by atoms with Crippen LogP contribution in [0.15, 0.2) is 29.8 Å². The number of rotatable bonds is 12. The number of hydrogen-bond donors (Lipinski definition) is 3. The summed E-state index contributed by atoms with van der Waals surface area (Å²) in [5.74, 6) is -1.79. The third-order valence-corrected chi connectivity index (χ3v) is 8.02. The minimum absolute atomic E-state index is 0.0204. The number of aromatic nitrogens is 1. The molecular formula is C28H38N4O7S. The van der Waals surface area contributed by atoms with Crippen LogP contribution in [0.4, 0.5) is 0 Å². The molecule has 40 heavy (non-hydrogen) atoms. The summed E-state index contributed by atoms with van der Waals surface area (Å²) in [6, 6.07) is 6.38. The second-order valence-corrected chi connectivity index (χ2v) is 11.2. The number of nitrogens with zero attached hydrogens (tertiary/aromatic N) is 2. The van der Waals surface area contributed by atoms with Gasteiger partial charge >= 0.3 is 5.97 Å². The first-order valence-corrected chi connectivity index (χ1v) is 14.1. The number of hydrogen-bond acceptors (Lipinski definition) is 9. The van der Waals surface area contributed by atoms with E-state index in [0.717, 1.165) is 21.7 Å². The molecule has 0 spiro atoms. The Morgan fingerprint density at radius 3 is 2.52 bits per heavy atom. The van der Waals surface area contributed by atoms with Gasteiger partial charge in [0.1, 0.15) is 19.3 Å². The average Bonchev–Trinajstić information content (AvgIpc) is 3.52. The summed E-state index contributed by atoms with van der Waals surface area (Å²) in [4.78, 5) is 57.1. The van der Waals surface area contributed by atoms with Crippen LogP contribution in [0.1, 0.15) is 45.4 Å². The lowest BCUT2D eigenvalue weighted by Gasteiger charge is -2.36. The number of benzene rings is 1. The number of amides is 3. The number of esters is 1. The molecule has 2 heterocycles. The van der Waals surface area contributed by atoms with Gasteiger partial charge < -0.3 is 30.1 Å². The molecule has 1 fully saturated rings. The lowest BCUT2D eigenvalue weighted by Crippen LogP contribution is -2.56. The van der Waals surface area contributed by atoms with E-state index in [1.54, 1.807) is 44.5 Å². The Morgan fingerprint density at radius 1 is 1.20 bits per heavy atom. The zero-order valence-corrected chi connectivity index (χ0v) is 24.4. The third kappa shape index (κ3) is 7.86. The van der Waals surface area contributed by atoms with Gasteiger partial charge in [0.25, 0.3) is 0 Å². The second kappa shape index (κ2) is 13.8. The molecule has 2 aromatic rings. The topological polar surface area (TPSA) is 147 Å². The highest BCUT2D eigenvalue weighted by Gasteiger charge is 2.46. The molecule has 3 N–H and O–H groups in total.